The Balaban J connectivity index is 1.61. The van der Waals surface area contributed by atoms with Gasteiger partial charge in [-0.15, -0.1) is 5.10 Å². The largest absolute Gasteiger partial charge is 0.310 e. The molecule has 1 amide bonds. The highest BCUT2D eigenvalue weighted by Gasteiger charge is 2.13. The van der Waals surface area contributed by atoms with Gasteiger partial charge >= 0.3 is 0 Å². The van der Waals surface area contributed by atoms with Crippen molar-refractivity contribution in [3.8, 4) is 5.69 Å². The van der Waals surface area contributed by atoms with Crippen molar-refractivity contribution in [1.82, 2.24) is 30.0 Å². The Hall–Kier alpha value is -2.68. The second kappa shape index (κ2) is 8.81. The number of rotatable bonds is 8. The lowest BCUT2D eigenvalue weighted by Crippen LogP contribution is -2.16. The van der Waals surface area contributed by atoms with E-state index in [-0.39, 0.29) is 11.7 Å². The molecule has 3 aromatic rings. The van der Waals surface area contributed by atoms with E-state index in [4.69, 9.17) is 0 Å². The smallest absolute Gasteiger partial charge is 0.235 e. The Bertz CT molecular complexity index is 901. The van der Waals surface area contributed by atoms with Gasteiger partial charge in [0.15, 0.2) is 0 Å². The molecule has 3 rings (SSSR count). The standard InChI is InChI=1S/C18H23N7OS/c1-4-5-6-14-7-9-15(10-8-14)25-18(20-22-23-25)27-12-17(26)19-16-11-13(2)21-24(16)3/h7-11H,4-6,12H2,1-3H3,(H,19,26). The van der Waals surface area contributed by atoms with E-state index in [9.17, 15) is 4.79 Å². The number of carbonyl (C=O) groups excluding carboxylic acids is 1. The van der Waals surface area contributed by atoms with Gasteiger partial charge in [0.1, 0.15) is 5.82 Å². The highest BCUT2D eigenvalue weighted by molar-refractivity contribution is 7.99. The molecule has 0 radical (unpaired) electrons. The summed E-state index contributed by atoms with van der Waals surface area (Å²) in [5.41, 5.74) is 3.03. The molecule has 0 spiro atoms. The summed E-state index contributed by atoms with van der Waals surface area (Å²) in [5, 5.41) is 19.5. The molecule has 0 saturated heterocycles. The predicted molar refractivity (Wildman–Crippen MR) is 105 cm³/mol. The first kappa shape index (κ1) is 19.1. The van der Waals surface area contributed by atoms with Crippen LogP contribution < -0.4 is 5.32 Å². The van der Waals surface area contributed by atoms with Gasteiger partial charge in [-0.3, -0.25) is 9.48 Å². The molecule has 9 heteroatoms. The average molecular weight is 385 g/mol. The third kappa shape index (κ3) is 4.94. The summed E-state index contributed by atoms with van der Waals surface area (Å²) in [6.45, 7) is 4.07. The Labute approximate surface area is 162 Å². The first-order chi connectivity index (χ1) is 13.1. The van der Waals surface area contributed by atoms with E-state index in [1.807, 2.05) is 25.1 Å². The van der Waals surface area contributed by atoms with E-state index in [1.54, 1.807) is 16.4 Å². The maximum atomic E-state index is 12.2. The lowest BCUT2D eigenvalue weighted by molar-refractivity contribution is -0.113. The molecule has 142 valence electrons. The predicted octanol–water partition coefficient (Wildman–Crippen LogP) is 2.78. The van der Waals surface area contributed by atoms with E-state index in [0.717, 1.165) is 17.8 Å². The van der Waals surface area contributed by atoms with Crippen molar-refractivity contribution in [3.05, 3.63) is 41.6 Å². The molecular formula is C18H23N7OS. The summed E-state index contributed by atoms with van der Waals surface area (Å²) in [5.74, 6) is 0.743. The van der Waals surface area contributed by atoms with Gasteiger partial charge in [0.2, 0.25) is 11.1 Å². The lowest BCUT2D eigenvalue weighted by Gasteiger charge is -2.07. The van der Waals surface area contributed by atoms with Crippen molar-refractivity contribution >= 4 is 23.5 Å². The SMILES string of the molecule is CCCCc1ccc(-n2nnnc2SCC(=O)Nc2cc(C)nn2C)cc1. The minimum atomic E-state index is -0.132. The third-order valence-corrected chi connectivity index (χ3v) is 4.96. The lowest BCUT2D eigenvalue weighted by atomic mass is 10.1. The van der Waals surface area contributed by atoms with Crippen LogP contribution in [0.2, 0.25) is 0 Å². The van der Waals surface area contributed by atoms with E-state index in [1.165, 1.54) is 30.2 Å². The summed E-state index contributed by atoms with van der Waals surface area (Å²) in [7, 11) is 1.79. The topological polar surface area (TPSA) is 90.5 Å². The molecule has 0 bridgehead atoms. The fourth-order valence-electron chi connectivity index (χ4n) is 2.65. The number of carbonyl (C=O) groups is 1. The summed E-state index contributed by atoms with van der Waals surface area (Å²) in [4.78, 5) is 12.2. The van der Waals surface area contributed by atoms with Crippen LogP contribution in [0.15, 0.2) is 35.5 Å². The van der Waals surface area contributed by atoms with Gasteiger partial charge in [-0.1, -0.05) is 37.2 Å². The van der Waals surface area contributed by atoms with Crippen LogP contribution in [0, 0.1) is 6.92 Å². The third-order valence-electron chi connectivity index (χ3n) is 4.04. The summed E-state index contributed by atoms with van der Waals surface area (Å²) >= 11 is 1.29. The van der Waals surface area contributed by atoms with Crippen molar-refractivity contribution in [2.45, 2.75) is 38.3 Å². The summed E-state index contributed by atoms with van der Waals surface area (Å²) in [6.07, 6.45) is 3.42. The number of amides is 1. The van der Waals surface area contributed by atoms with Gasteiger partial charge in [0.25, 0.3) is 0 Å². The van der Waals surface area contributed by atoms with Gasteiger partial charge in [0.05, 0.1) is 17.1 Å². The van der Waals surface area contributed by atoms with E-state index >= 15 is 0 Å². The second-order valence-electron chi connectivity index (χ2n) is 6.27. The maximum Gasteiger partial charge on any atom is 0.235 e. The van der Waals surface area contributed by atoms with Crippen LogP contribution in [0.25, 0.3) is 5.69 Å². The highest BCUT2D eigenvalue weighted by Crippen LogP contribution is 2.19. The Morgan fingerprint density at radius 2 is 2.04 bits per heavy atom. The molecule has 27 heavy (non-hydrogen) atoms. The Morgan fingerprint density at radius 3 is 2.70 bits per heavy atom. The van der Waals surface area contributed by atoms with Crippen LogP contribution in [0.5, 0.6) is 0 Å². The van der Waals surface area contributed by atoms with E-state index < -0.39 is 0 Å². The number of aromatic nitrogens is 6. The van der Waals surface area contributed by atoms with Crippen molar-refractivity contribution in [2.24, 2.45) is 7.05 Å². The molecule has 1 aromatic carbocycles. The van der Waals surface area contributed by atoms with Crippen molar-refractivity contribution < 1.29 is 4.79 Å². The quantitative estimate of drug-likeness (QED) is 0.600. The molecule has 0 aliphatic carbocycles. The normalized spacial score (nSPS) is 10.9. The monoisotopic (exact) mass is 385 g/mol. The Morgan fingerprint density at radius 1 is 1.26 bits per heavy atom. The van der Waals surface area contributed by atoms with Gasteiger partial charge in [-0.05, 0) is 47.9 Å². The fourth-order valence-corrected chi connectivity index (χ4v) is 3.34. The molecule has 0 fully saturated rings. The molecule has 0 aliphatic rings. The molecule has 0 aliphatic heterocycles. The van der Waals surface area contributed by atoms with Crippen LogP contribution in [0.4, 0.5) is 5.82 Å². The number of hydrogen-bond donors (Lipinski definition) is 1. The number of tetrazole rings is 1. The van der Waals surface area contributed by atoms with Crippen LogP contribution in [0.1, 0.15) is 31.0 Å². The van der Waals surface area contributed by atoms with Crippen LogP contribution in [-0.2, 0) is 18.3 Å². The number of aryl methyl sites for hydroxylation is 3. The maximum absolute atomic E-state index is 12.2. The molecular weight excluding hydrogens is 362 g/mol. The number of nitrogens with one attached hydrogen (secondary N) is 1. The number of thioether (sulfide) groups is 1. The zero-order valence-corrected chi connectivity index (χ0v) is 16.5. The minimum Gasteiger partial charge on any atom is -0.310 e. The summed E-state index contributed by atoms with van der Waals surface area (Å²) in [6, 6.07) is 10.0. The van der Waals surface area contributed by atoms with Crippen LogP contribution >= 0.6 is 11.8 Å². The van der Waals surface area contributed by atoms with Gasteiger partial charge in [0, 0.05) is 13.1 Å². The first-order valence-electron chi connectivity index (χ1n) is 8.88. The number of benzene rings is 1. The molecule has 0 atom stereocenters. The highest BCUT2D eigenvalue weighted by atomic mass is 32.2. The molecule has 2 heterocycles. The van der Waals surface area contributed by atoms with Crippen LogP contribution in [-0.4, -0.2) is 41.6 Å². The molecule has 2 aromatic heterocycles. The first-order valence-corrected chi connectivity index (χ1v) is 9.86. The average Bonchev–Trinajstić information content (AvgIpc) is 3.25. The van der Waals surface area contributed by atoms with Gasteiger partial charge in [-0.25, -0.2) is 0 Å². The van der Waals surface area contributed by atoms with Crippen molar-refractivity contribution in [3.63, 3.8) is 0 Å². The number of nitrogens with zero attached hydrogens (tertiary/aromatic N) is 6. The zero-order valence-electron chi connectivity index (χ0n) is 15.7. The second-order valence-corrected chi connectivity index (χ2v) is 7.22. The Kier molecular flexibility index (Phi) is 6.23. The van der Waals surface area contributed by atoms with E-state index in [2.05, 4.69) is 45.0 Å². The zero-order chi connectivity index (χ0) is 19.2. The van der Waals surface area contributed by atoms with Gasteiger partial charge in [-0.2, -0.15) is 9.78 Å². The number of hydrogen-bond acceptors (Lipinski definition) is 6. The van der Waals surface area contributed by atoms with Gasteiger partial charge < -0.3 is 5.32 Å². The van der Waals surface area contributed by atoms with E-state index in [0.29, 0.717) is 11.0 Å². The minimum absolute atomic E-state index is 0.132. The van der Waals surface area contributed by atoms with Crippen molar-refractivity contribution in [1.29, 1.82) is 0 Å². The van der Waals surface area contributed by atoms with Crippen molar-refractivity contribution in [2.75, 3.05) is 11.1 Å². The molecule has 0 saturated carbocycles. The number of unbranched alkanes of at least 4 members (excludes halogenated alkanes) is 1. The van der Waals surface area contributed by atoms with Crippen LogP contribution in [0.3, 0.4) is 0 Å². The summed E-state index contributed by atoms with van der Waals surface area (Å²) < 4.78 is 3.29. The number of anilines is 1. The fraction of sp³-hybridized carbons (Fsp3) is 0.389. The molecule has 8 nitrogen and oxygen atoms in total. The molecule has 0 unspecified atom stereocenters. The molecule has 1 N–H and O–H groups in total.